The summed E-state index contributed by atoms with van der Waals surface area (Å²) in [6.45, 7) is 9.35. The Balaban J connectivity index is 2.16. The smallest absolute Gasteiger partial charge is 0.251 e. The van der Waals surface area contributed by atoms with Gasteiger partial charge in [0.25, 0.3) is 5.91 Å². The Morgan fingerprint density at radius 2 is 1.74 bits per heavy atom. The minimum Gasteiger partial charge on any atom is -0.340 e. The Morgan fingerprint density at radius 3 is 2.23 bits per heavy atom. The number of nitrogens with zero attached hydrogens (tertiary/aromatic N) is 2. The van der Waals surface area contributed by atoms with E-state index in [-0.39, 0.29) is 30.0 Å². The second-order valence-electron chi connectivity index (χ2n) is 9.01. The minimum absolute atomic E-state index is 0.0499. The van der Waals surface area contributed by atoms with Crippen LogP contribution in [0.25, 0.3) is 0 Å². The van der Waals surface area contributed by atoms with Gasteiger partial charge in [-0.05, 0) is 36.5 Å². The number of hydrogen-bond donors (Lipinski definition) is 1. The Hall–Kier alpha value is -2.42. The second kappa shape index (κ2) is 9.80. The predicted molar refractivity (Wildman–Crippen MR) is 120 cm³/mol. The first-order chi connectivity index (χ1) is 14.3. The lowest BCUT2D eigenvalue weighted by molar-refractivity contribution is -0.146. The Kier molecular flexibility index (Phi) is 7.86. The molecule has 0 bridgehead atoms. The van der Waals surface area contributed by atoms with E-state index in [4.69, 9.17) is 0 Å². The van der Waals surface area contributed by atoms with Crippen LogP contribution in [0.3, 0.4) is 0 Å². The van der Waals surface area contributed by atoms with E-state index < -0.39 is 27.7 Å². The van der Waals surface area contributed by atoms with Crippen LogP contribution < -0.4 is 5.32 Å². The van der Waals surface area contributed by atoms with E-state index in [9.17, 15) is 22.8 Å². The summed E-state index contributed by atoms with van der Waals surface area (Å²) in [7, 11) is -3.33. The van der Waals surface area contributed by atoms with Crippen LogP contribution in [-0.4, -0.2) is 80.2 Å². The van der Waals surface area contributed by atoms with Gasteiger partial charge in [-0.2, -0.15) is 0 Å². The van der Waals surface area contributed by atoms with E-state index >= 15 is 0 Å². The fourth-order valence-corrected chi connectivity index (χ4v) is 4.07. The Bertz CT molecular complexity index is 919. The van der Waals surface area contributed by atoms with Crippen LogP contribution in [0.1, 0.15) is 50.0 Å². The molecular formula is C22H33N3O5S. The van der Waals surface area contributed by atoms with Crippen molar-refractivity contribution in [1.82, 2.24) is 15.1 Å². The predicted octanol–water partition coefficient (Wildman–Crippen LogP) is 1.21. The molecule has 3 amide bonds. The van der Waals surface area contributed by atoms with Crippen molar-refractivity contribution in [3.05, 3.63) is 35.4 Å². The maximum absolute atomic E-state index is 13.1. The molecule has 0 aliphatic carbocycles. The number of benzene rings is 1. The third-order valence-corrected chi connectivity index (χ3v) is 6.38. The van der Waals surface area contributed by atoms with Gasteiger partial charge in [0.15, 0.2) is 0 Å². The molecule has 1 N–H and O–H groups in total. The van der Waals surface area contributed by atoms with Crippen LogP contribution in [0, 0.1) is 0 Å². The van der Waals surface area contributed by atoms with Gasteiger partial charge in [0.05, 0.1) is 12.3 Å². The van der Waals surface area contributed by atoms with Gasteiger partial charge in [0.1, 0.15) is 15.9 Å². The molecule has 1 unspecified atom stereocenters. The van der Waals surface area contributed by atoms with E-state index in [1.165, 1.54) is 4.90 Å². The van der Waals surface area contributed by atoms with Crippen LogP contribution in [0.5, 0.6) is 0 Å². The number of sulfone groups is 1. The summed E-state index contributed by atoms with van der Waals surface area (Å²) in [4.78, 5) is 41.1. The number of carbonyl (C=O) groups is 3. The van der Waals surface area contributed by atoms with Gasteiger partial charge in [0, 0.05) is 31.5 Å². The van der Waals surface area contributed by atoms with E-state index in [0.29, 0.717) is 25.2 Å². The normalized spacial score (nSPS) is 16.2. The topological polar surface area (TPSA) is 104 Å². The minimum atomic E-state index is -3.33. The quantitative estimate of drug-likeness (QED) is 0.671. The first-order valence-electron chi connectivity index (χ1n) is 10.5. The number of piperazine rings is 1. The summed E-state index contributed by atoms with van der Waals surface area (Å²) >= 11 is 0. The molecule has 0 spiro atoms. The molecule has 8 nitrogen and oxygen atoms in total. The average Bonchev–Trinajstić information content (AvgIpc) is 2.69. The van der Waals surface area contributed by atoms with Gasteiger partial charge in [-0.1, -0.05) is 32.9 Å². The molecule has 172 valence electrons. The Morgan fingerprint density at radius 1 is 1.13 bits per heavy atom. The third-order valence-electron chi connectivity index (χ3n) is 5.41. The number of carbonyl (C=O) groups excluding carboxylic acids is 3. The van der Waals surface area contributed by atoms with Crippen LogP contribution in [0.2, 0.25) is 0 Å². The zero-order chi connectivity index (χ0) is 23.4. The largest absolute Gasteiger partial charge is 0.340 e. The van der Waals surface area contributed by atoms with Crippen LogP contribution in [-0.2, 0) is 24.8 Å². The summed E-state index contributed by atoms with van der Waals surface area (Å²) in [6.07, 6.45) is 1.04. The summed E-state index contributed by atoms with van der Waals surface area (Å²) in [5, 5.41) is 2.68. The van der Waals surface area contributed by atoms with Crippen molar-refractivity contribution in [2.24, 2.45) is 0 Å². The van der Waals surface area contributed by atoms with E-state index in [2.05, 4.69) is 26.1 Å². The van der Waals surface area contributed by atoms with E-state index in [1.54, 1.807) is 17.0 Å². The number of likely N-dealkylation sites (N-methyl/N-ethyl adjacent to an activating group) is 1. The number of nitrogens with one attached hydrogen (secondary N) is 1. The van der Waals surface area contributed by atoms with Gasteiger partial charge >= 0.3 is 0 Å². The van der Waals surface area contributed by atoms with Gasteiger partial charge in [-0.15, -0.1) is 0 Å². The standard InChI is InChI=1S/C22H33N3O5S/c1-6-24-12-13-25(15-19(24)26)21(28)18(11-14-31(5,29)30)23-20(27)16-7-9-17(10-8-16)22(2,3)4/h7-10,18H,6,11-15H2,1-5H3,(H,23,27). The van der Waals surface area contributed by atoms with Crippen LogP contribution in [0.15, 0.2) is 24.3 Å². The van der Waals surface area contributed by atoms with Gasteiger partial charge in [0.2, 0.25) is 11.8 Å². The zero-order valence-corrected chi connectivity index (χ0v) is 19.8. The molecule has 1 atom stereocenters. The maximum Gasteiger partial charge on any atom is 0.251 e. The Labute approximate surface area is 184 Å². The fourth-order valence-electron chi connectivity index (χ4n) is 3.40. The third kappa shape index (κ3) is 7.05. The highest BCUT2D eigenvalue weighted by atomic mass is 32.2. The van der Waals surface area contributed by atoms with Crippen molar-refractivity contribution in [3.63, 3.8) is 0 Å². The highest BCUT2D eigenvalue weighted by Gasteiger charge is 2.32. The van der Waals surface area contributed by atoms with Crippen molar-refractivity contribution >= 4 is 27.6 Å². The lowest BCUT2D eigenvalue weighted by Crippen LogP contribution is -2.57. The maximum atomic E-state index is 13.1. The van der Waals surface area contributed by atoms with Gasteiger partial charge < -0.3 is 15.1 Å². The lowest BCUT2D eigenvalue weighted by atomic mass is 9.86. The van der Waals surface area contributed by atoms with Gasteiger partial charge in [-0.3, -0.25) is 14.4 Å². The second-order valence-corrected chi connectivity index (χ2v) is 11.3. The van der Waals surface area contributed by atoms with Crippen LogP contribution in [0.4, 0.5) is 0 Å². The van der Waals surface area contributed by atoms with Crippen molar-refractivity contribution in [2.45, 2.75) is 45.6 Å². The summed E-state index contributed by atoms with van der Waals surface area (Å²) in [5.74, 6) is -1.29. The first-order valence-corrected chi connectivity index (χ1v) is 12.5. The van der Waals surface area contributed by atoms with E-state index in [0.717, 1.165) is 11.8 Å². The molecule has 1 heterocycles. The molecule has 9 heteroatoms. The number of rotatable bonds is 7. The molecule has 0 radical (unpaired) electrons. The first kappa shape index (κ1) is 24.8. The van der Waals surface area contributed by atoms with E-state index in [1.807, 2.05) is 19.1 Å². The SMILES string of the molecule is CCN1CCN(C(=O)C(CCS(C)(=O)=O)NC(=O)c2ccc(C(C)(C)C)cc2)CC1=O. The molecule has 31 heavy (non-hydrogen) atoms. The zero-order valence-electron chi connectivity index (χ0n) is 19.0. The molecule has 1 aliphatic rings. The summed E-state index contributed by atoms with van der Waals surface area (Å²) in [6, 6.07) is 6.09. The van der Waals surface area contributed by atoms with Gasteiger partial charge in [-0.25, -0.2) is 8.42 Å². The summed E-state index contributed by atoms with van der Waals surface area (Å²) < 4.78 is 23.3. The molecular weight excluding hydrogens is 418 g/mol. The van der Waals surface area contributed by atoms with Crippen molar-refractivity contribution in [1.29, 1.82) is 0 Å². The molecule has 0 saturated carbocycles. The molecule has 1 aromatic rings. The molecule has 0 aromatic heterocycles. The fraction of sp³-hybridized carbons (Fsp3) is 0.591. The highest BCUT2D eigenvalue weighted by Crippen LogP contribution is 2.22. The lowest BCUT2D eigenvalue weighted by Gasteiger charge is -2.35. The molecule has 1 aliphatic heterocycles. The monoisotopic (exact) mass is 451 g/mol. The number of amides is 3. The van der Waals surface area contributed by atoms with Crippen molar-refractivity contribution < 1.29 is 22.8 Å². The molecule has 1 aromatic carbocycles. The van der Waals surface area contributed by atoms with Crippen molar-refractivity contribution in [3.8, 4) is 0 Å². The molecule has 1 saturated heterocycles. The number of hydrogen-bond acceptors (Lipinski definition) is 5. The van der Waals surface area contributed by atoms with Crippen molar-refractivity contribution in [2.75, 3.05) is 38.2 Å². The molecule has 2 rings (SSSR count). The van der Waals surface area contributed by atoms with Crippen LogP contribution >= 0.6 is 0 Å². The molecule has 1 fully saturated rings. The average molecular weight is 452 g/mol. The summed E-state index contributed by atoms with van der Waals surface area (Å²) in [5.41, 5.74) is 1.40. The highest BCUT2D eigenvalue weighted by molar-refractivity contribution is 7.90.